The molecule has 1 aliphatic carbocycles. The molecular weight excluding hydrogens is 266 g/mol. The number of benzene rings is 1. The molecule has 0 spiro atoms. The van der Waals surface area contributed by atoms with Gasteiger partial charge in [-0.1, -0.05) is 19.3 Å². The number of carbonyl (C=O) groups excluding carboxylic acids is 1. The van der Waals surface area contributed by atoms with Crippen LogP contribution in [0.3, 0.4) is 0 Å². The lowest BCUT2D eigenvalue weighted by atomic mass is 9.83. The standard InChI is InChI=1S/C17H25NO3/c1-3-20-15-10-8-14(9-11-15)18-16(19)17(21-4-2)12-6-5-7-13-17/h8-11H,3-7,12-13H2,1-2H3,(H,18,19). The van der Waals surface area contributed by atoms with Crippen molar-refractivity contribution in [3.8, 4) is 5.75 Å². The molecule has 0 saturated heterocycles. The summed E-state index contributed by atoms with van der Waals surface area (Å²) in [5.74, 6) is 0.792. The van der Waals surface area contributed by atoms with Crippen molar-refractivity contribution in [3.63, 3.8) is 0 Å². The van der Waals surface area contributed by atoms with E-state index < -0.39 is 5.60 Å². The third kappa shape index (κ3) is 3.97. The molecule has 1 N–H and O–H groups in total. The largest absolute Gasteiger partial charge is 0.494 e. The maximum atomic E-state index is 12.6. The van der Waals surface area contributed by atoms with Gasteiger partial charge in [0.1, 0.15) is 11.4 Å². The molecule has 0 aliphatic heterocycles. The molecule has 4 heteroatoms. The van der Waals surface area contributed by atoms with Gasteiger partial charge in [-0.2, -0.15) is 0 Å². The SMILES string of the molecule is CCOc1ccc(NC(=O)C2(OCC)CCCCC2)cc1. The van der Waals surface area contributed by atoms with Crippen LogP contribution < -0.4 is 10.1 Å². The zero-order valence-electron chi connectivity index (χ0n) is 13.0. The molecule has 0 heterocycles. The van der Waals surface area contributed by atoms with Gasteiger partial charge in [0, 0.05) is 12.3 Å². The zero-order chi connectivity index (χ0) is 15.1. The Morgan fingerprint density at radius 2 is 1.76 bits per heavy atom. The van der Waals surface area contributed by atoms with E-state index in [1.165, 1.54) is 6.42 Å². The Hall–Kier alpha value is -1.55. The first-order valence-corrected chi connectivity index (χ1v) is 7.88. The maximum Gasteiger partial charge on any atom is 0.256 e. The number of hydrogen-bond donors (Lipinski definition) is 1. The summed E-state index contributed by atoms with van der Waals surface area (Å²) >= 11 is 0. The number of carbonyl (C=O) groups is 1. The second-order valence-corrected chi connectivity index (χ2v) is 5.40. The van der Waals surface area contributed by atoms with Crippen LogP contribution in [0.5, 0.6) is 5.75 Å². The van der Waals surface area contributed by atoms with E-state index in [0.29, 0.717) is 13.2 Å². The topological polar surface area (TPSA) is 47.6 Å². The second-order valence-electron chi connectivity index (χ2n) is 5.40. The molecule has 0 unspecified atom stereocenters. The van der Waals surface area contributed by atoms with E-state index in [-0.39, 0.29) is 5.91 Å². The van der Waals surface area contributed by atoms with Gasteiger partial charge < -0.3 is 14.8 Å². The van der Waals surface area contributed by atoms with E-state index >= 15 is 0 Å². The molecule has 0 aromatic heterocycles. The van der Waals surface area contributed by atoms with Gasteiger partial charge in [0.25, 0.3) is 5.91 Å². The Morgan fingerprint density at radius 3 is 2.33 bits per heavy atom. The third-order valence-corrected chi connectivity index (χ3v) is 3.92. The number of nitrogens with one attached hydrogen (secondary N) is 1. The molecule has 0 radical (unpaired) electrons. The summed E-state index contributed by atoms with van der Waals surface area (Å²) in [7, 11) is 0. The lowest BCUT2D eigenvalue weighted by Gasteiger charge is -2.35. The van der Waals surface area contributed by atoms with Crippen LogP contribution in [-0.2, 0) is 9.53 Å². The normalized spacial score (nSPS) is 17.2. The van der Waals surface area contributed by atoms with Crippen molar-refractivity contribution in [1.29, 1.82) is 0 Å². The van der Waals surface area contributed by atoms with Crippen LogP contribution in [0.4, 0.5) is 5.69 Å². The number of rotatable bonds is 6. The van der Waals surface area contributed by atoms with Gasteiger partial charge in [0.2, 0.25) is 0 Å². The van der Waals surface area contributed by atoms with Gasteiger partial charge in [0.05, 0.1) is 6.61 Å². The molecule has 1 amide bonds. The minimum atomic E-state index is -0.647. The van der Waals surface area contributed by atoms with E-state index in [4.69, 9.17) is 9.47 Å². The van der Waals surface area contributed by atoms with E-state index in [0.717, 1.165) is 37.1 Å². The summed E-state index contributed by atoms with van der Waals surface area (Å²) in [5.41, 5.74) is 0.138. The lowest BCUT2D eigenvalue weighted by molar-refractivity contribution is -0.145. The highest BCUT2D eigenvalue weighted by molar-refractivity contribution is 5.97. The molecular formula is C17H25NO3. The first-order valence-electron chi connectivity index (χ1n) is 7.88. The summed E-state index contributed by atoms with van der Waals surface area (Å²) in [6.45, 7) is 5.10. The molecule has 2 rings (SSSR count). The molecule has 1 aromatic rings. The summed E-state index contributed by atoms with van der Waals surface area (Å²) < 4.78 is 11.2. The van der Waals surface area contributed by atoms with Crippen LogP contribution in [0.2, 0.25) is 0 Å². The van der Waals surface area contributed by atoms with Crippen molar-refractivity contribution in [2.45, 2.75) is 51.6 Å². The zero-order valence-corrected chi connectivity index (χ0v) is 13.0. The molecule has 4 nitrogen and oxygen atoms in total. The first-order chi connectivity index (χ1) is 10.2. The van der Waals surface area contributed by atoms with Crippen LogP contribution >= 0.6 is 0 Å². The summed E-state index contributed by atoms with van der Waals surface area (Å²) in [5, 5.41) is 2.99. The fourth-order valence-electron chi connectivity index (χ4n) is 2.88. The average Bonchev–Trinajstić information content (AvgIpc) is 2.51. The van der Waals surface area contributed by atoms with Gasteiger partial charge in [-0.3, -0.25) is 4.79 Å². The Kier molecular flexibility index (Phi) is 5.62. The predicted molar refractivity (Wildman–Crippen MR) is 83.7 cm³/mol. The van der Waals surface area contributed by atoms with Gasteiger partial charge in [-0.05, 0) is 51.0 Å². The van der Waals surface area contributed by atoms with E-state index in [2.05, 4.69) is 5.32 Å². The fourth-order valence-corrected chi connectivity index (χ4v) is 2.88. The van der Waals surface area contributed by atoms with Crippen molar-refractivity contribution in [2.75, 3.05) is 18.5 Å². The van der Waals surface area contributed by atoms with E-state index in [1.807, 2.05) is 38.1 Å². The molecule has 21 heavy (non-hydrogen) atoms. The Balaban J connectivity index is 2.04. The summed E-state index contributed by atoms with van der Waals surface area (Å²) in [6, 6.07) is 7.47. The third-order valence-electron chi connectivity index (χ3n) is 3.92. The Morgan fingerprint density at radius 1 is 1.10 bits per heavy atom. The van der Waals surface area contributed by atoms with Gasteiger partial charge in [-0.25, -0.2) is 0 Å². The van der Waals surface area contributed by atoms with Crippen LogP contribution in [0.25, 0.3) is 0 Å². The van der Waals surface area contributed by atoms with Gasteiger partial charge >= 0.3 is 0 Å². The first kappa shape index (κ1) is 15.8. The fraction of sp³-hybridized carbons (Fsp3) is 0.588. The summed E-state index contributed by atoms with van der Waals surface area (Å²) in [6.07, 6.45) is 4.91. The predicted octanol–water partition coefficient (Wildman–Crippen LogP) is 3.76. The van der Waals surface area contributed by atoms with Crippen LogP contribution in [0, 0.1) is 0 Å². The van der Waals surface area contributed by atoms with E-state index in [1.54, 1.807) is 0 Å². The monoisotopic (exact) mass is 291 g/mol. The molecule has 1 aromatic carbocycles. The van der Waals surface area contributed by atoms with E-state index in [9.17, 15) is 4.79 Å². The number of anilines is 1. The van der Waals surface area contributed by atoms with Gasteiger partial charge in [0.15, 0.2) is 0 Å². The number of ether oxygens (including phenoxy) is 2. The molecule has 1 aliphatic rings. The second kappa shape index (κ2) is 7.46. The minimum absolute atomic E-state index is 0.0202. The number of hydrogen-bond acceptors (Lipinski definition) is 3. The molecule has 1 fully saturated rings. The molecule has 1 saturated carbocycles. The Bertz CT molecular complexity index is 444. The lowest BCUT2D eigenvalue weighted by Crippen LogP contribution is -2.47. The van der Waals surface area contributed by atoms with Crippen molar-refractivity contribution >= 4 is 11.6 Å². The van der Waals surface area contributed by atoms with Gasteiger partial charge in [-0.15, -0.1) is 0 Å². The summed E-state index contributed by atoms with van der Waals surface area (Å²) in [4.78, 5) is 12.6. The molecule has 0 atom stereocenters. The van der Waals surface area contributed by atoms with Crippen molar-refractivity contribution in [2.24, 2.45) is 0 Å². The highest BCUT2D eigenvalue weighted by atomic mass is 16.5. The minimum Gasteiger partial charge on any atom is -0.494 e. The van der Waals surface area contributed by atoms with Crippen LogP contribution in [0.15, 0.2) is 24.3 Å². The van der Waals surface area contributed by atoms with Crippen molar-refractivity contribution < 1.29 is 14.3 Å². The van der Waals surface area contributed by atoms with Crippen molar-refractivity contribution in [3.05, 3.63) is 24.3 Å². The van der Waals surface area contributed by atoms with Crippen LogP contribution in [0.1, 0.15) is 46.0 Å². The molecule has 0 bridgehead atoms. The average molecular weight is 291 g/mol. The molecule has 116 valence electrons. The van der Waals surface area contributed by atoms with Crippen molar-refractivity contribution in [1.82, 2.24) is 0 Å². The quantitative estimate of drug-likeness (QED) is 0.868. The maximum absolute atomic E-state index is 12.6. The highest BCUT2D eigenvalue weighted by Crippen LogP contribution is 2.33. The van der Waals surface area contributed by atoms with Crippen LogP contribution in [-0.4, -0.2) is 24.7 Å². The Labute approximate surface area is 126 Å². The smallest absolute Gasteiger partial charge is 0.256 e. The number of amides is 1. The highest BCUT2D eigenvalue weighted by Gasteiger charge is 2.40.